The summed E-state index contributed by atoms with van der Waals surface area (Å²) in [5.41, 5.74) is 2.43. The number of hydrogen-bond acceptors (Lipinski definition) is 8. The van der Waals surface area contributed by atoms with Gasteiger partial charge in [-0.05, 0) is 48.9 Å². The Hall–Kier alpha value is -3.26. The molecule has 9 nitrogen and oxygen atoms in total. The Morgan fingerprint density at radius 3 is 2.26 bits per heavy atom. The number of sulfone groups is 1. The summed E-state index contributed by atoms with van der Waals surface area (Å²) in [6.45, 7) is 3.25. The highest BCUT2D eigenvalue weighted by Gasteiger charge is 2.50. The number of methoxy groups -OCH3 is 1. The minimum atomic E-state index is -4.10. The summed E-state index contributed by atoms with van der Waals surface area (Å²) in [7, 11) is -2.50. The van der Waals surface area contributed by atoms with E-state index in [1.807, 2.05) is 24.3 Å². The molecule has 0 aliphatic carbocycles. The van der Waals surface area contributed by atoms with Crippen molar-refractivity contribution < 1.29 is 32.6 Å². The monoisotopic (exact) mass is 488 g/mol. The molecule has 1 aliphatic rings. The fourth-order valence-electron chi connectivity index (χ4n) is 3.78. The number of piperidine rings is 1. The number of nitrogens with zero attached hydrogens (tertiary/aromatic N) is 1. The molecule has 0 unspecified atom stereocenters. The molecular formula is C24H28N2O7S. The third-order valence-corrected chi connectivity index (χ3v) is 8.03. The van der Waals surface area contributed by atoms with E-state index in [1.54, 1.807) is 14.0 Å². The quantitative estimate of drug-likeness (QED) is 0.331. The molecular weight excluding hydrogens is 460 g/mol. The van der Waals surface area contributed by atoms with Gasteiger partial charge in [-0.3, -0.25) is 10.1 Å². The molecule has 182 valence electrons. The van der Waals surface area contributed by atoms with Crippen LogP contribution in [0.3, 0.4) is 0 Å². The standard InChI is InChI=1S/C24H28N2O7S/c1-3-4-17-32-21-9-11-22(12-10-21)34(29,30)24(33-23(27)25-28)13-15-26(16-14-24)18-19-5-7-20(31-2)8-6-19/h5-12,28H,13-18H2,1-2H3,(H,25,27). The van der Waals surface area contributed by atoms with Crippen molar-refractivity contribution in [3.05, 3.63) is 54.1 Å². The predicted molar refractivity (Wildman–Crippen MR) is 124 cm³/mol. The molecule has 0 radical (unpaired) electrons. The second-order valence-electron chi connectivity index (χ2n) is 7.73. The van der Waals surface area contributed by atoms with Gasteiger partial charge in [-0.15, -0.1) is 5.92 Å². The fourth-order valence-corrected chi connectivity index (χ4v) is 5.61. The molecule has 0 saturated carbocycles. The van der Waals surface area contributed by atoms with Crippen molar-refractivity contribution in [2.24, 2.45) is 0 Å². The fraction of sp³-hybridized carbons (Fsp3) is 0.375. The highest BCUT2D eigenvalue weighted by Crippen LogP contribution is 2.37. The molecule has 0 spiro atoms. The van der Waals surface area contributed by atoms with Gasteiger partial charge >= 0.3 is 6.09 Å². The summed E-state index contributed by atoms with van der Waals surface area (Å²) in [4.78, 5) is 12.2. The van der Waals surface area contributed by atoms with Crippen LogP contribution in [0.25, 0.3) is 0 Å². The zero-order chi connectivity index (χ0) is 24.6. The summed E-state index contributed by atoms with van der Waals surface area (Å²) >= 11 is 0. The molecule has 1 amide bonds. The average molecular weight is 489 g/mol. The molecule has 0 bridgehead atoms. The number of hydroxylamine groups is 1. The molecule has 34 heavy (non-hydrogen) atoms. The lowest BCUT2D eigenvalue weighted by atomic mass is 10.1. The van der Waals surface area contributed by atoms with Gasteiger partial charge in [0.15, 0.2) is 0 Å². The summed E-state index contributed by atoms with van der Waals surface area (Å²) in [6, 6.07) is 13.5. The second-order valence-corrected chi connectivity index (χ2v) is 9.95. The number of rotatable bonds is 8. The van der Waals surface area contributed by atoms with Gasteiger partial charge in [0, 0.05) is 32.5 Å². The van der Waals surface area contributed by atoms with Crippen LogP contribution in [0.2, 0.25) is 0 Å². The van der Waals surface area contributed by atoms with Crippen LogP contribution in [-0.4, -0.2) is 56.4 Å². The summed E-state index contributed by atoms with van der Waals surface area (Å²) in [5, 5.41) is 8.98. The molecule has 2 N–H and O–H groups in total. The van der Waals surface area contributed by atoms with E-state index in [0.717, 1.165) is 11.3 Å². The Labute approximate surface area is 199 Å². The van der Waals surface area contributed by atoms with Gasteiger partial charge in [-0.1, -0.05) is 18.1 Å². The predicted octanol–water partition coefficient (Wildman–Crippen LogP) is 2.98. The Kier molecular flexibility index (Phi) is 8.39. The van der Waals surface area contributed by atoms with E-state index in [-0.39, 0.29) is 24.3 Å². The van der Waals surface area contributed by atoms with E-state index in [2.05, 4.69) is 16.7 Å². The number of ether oxygens (including phenoxy) is 3. The Bertz CT molecular complexity index is 1130. The summed E-state index contributed by atoms with van der Waals surface area (Å²) in [6.07, 6.45) is -1.13. The SMILES string of the molecule is CC#CCOc1ccc(S(=O)(=O)C2(OC(=O)NO)CCN(Cc3ccc(OC)cc3)CC2)cc1. The number of hydrogen-bond donors (Lipinski definition) is 2. The smallest absolute Gasteiger partial charge is 0.432 e. The first-order valence-electron chi connectivity index (χ1n) is 10.7. The third-order valence-electron chi connectivity index (χ3n) is 5.66. The first-order valence-corrected chi connectivity index (χ1v) is 12.2. The molecule has 1 heterocycles. The topological polar surface area (TPSA) is 114 Å². The minimum absolute atomic E-state index is 0.00392. The van der Waals surface area contributed by atoms with Crippen molar-refractivity contribution in [1.82, 2.24) is 10.4 Å². The van der Waals surface area contributed by atoms with Crippen molar-refractivity contribution in [1.29, 1.82) is 0 Å². The van der Waals surface area contributed by atoms with E-state index in [4.69, 9.17) is 19.4 Å². The average Bonchev–Trinajstić information content (AvgIpc) is 2.86. The molecule has 0 aromatic heterocycles. The van der Waals surface area contributed by atoms with E-state index in [1.165, 1.54) is 29.7 Å². The first kappa shape index (κ1) is 25.4. The molecule has 1 fully saturated rings. The maximum Gasteiger partial charge on any atom is 0.432 e. The maximum atomic E-state index is 13.6. The van der Waals surface area contributed by atoms with Gasteiger partial charge in [0.25, 0.3) is 0 Å². The van der Waals surface area contributed by atoms with Crippen molar-refractivity contribution in [2.45, 2.75) is 36.1 Å². The van der Waals surface area contributed by atoms with Gasteiger partial charge in [0.1, 0.15) is 18.1 Å². The molecule has 3 rings (SSSR count). The van der Waals surface area contributed by atoms with Crippen LogP contribution >= 0.6 is 0 Å². The Morgan fingerprint density at radius 1 is 1.09 bits per heavy atom. The van der Waals surface area contributed by atoms with E-state index < -0.39 is 20.9 Å². The Balaban J connectivity index is 1.77. The number of amides is 1. The lowest BCUT2D eigenvalue weighted by molar-refractivity contribution is 0.000286. The van der Waals surface area contributed by atoms with Gasteiger partial charge in [-0.2, -0.15) is 0 Å². The number of nitrogens with one attached hydrogen (secondary N) is 1. The molecule has 2 aromatic carbocycles. The third kappa shape index (κ3) is 5.80. The highest BCUT2D eigenvalue weighted by molar-refractivity contribution is 7.92. The van der Waals surface area contributed by atoms with Crippen LogP contribution in [-0.2, 0) is 21.1 Å². The molecule has 2 aromatic rings. The normalized spacial score (nSPS) is 15.5. The van der Waals surface area contributed by atoms with Crippen molar-refractivity contribution in [2.75, 3.05) is 26.8 Å². The van der Waals surface area contributed by atoms with E-state index in [9.17, 15) is 13.2 Å². The van der Waals surface area contributed by atoms with Crippen LogP contribution in [0.15, 0.2) is 53.4 Å². The second kappa shape index (κ2) is 11.2. The van der Waals surface area contributed by atoms with E-state index >= 15 is 0 Å². The van der Waals surface area contributed by atoms with Crippen LogP contribution in [0.4, 0.5) is 4.79 Å². The number of carbonyl (C=O) groups is 1. The maximum absolute atomic E-state index is 13.6. The minimum Gasteiger partial charge on any atom is -0.497 e. The highest BCUT2D eigenvalue weighted by atomic mass is 32.2. The van der Waals surface area contributed by atoms with Gasteiger partial charge < -0.3 is 14.2 Å². The van der Waals surface area contributed by atoms with Gasteiger partial charge in [0.05, 0.1) is 12.0 Å². The van der Waals surface area contributed by atoms with Gasteiger partial charge in [-0.25, -0.2) is 18.7 Å². The van der Waals surface area contributed by atoms with E-state index in [0.29, 0.717) is 25.4 Å². The first-order chi connectivity index (χ1) is 16.3. The number of likely N-dealkylation sites (tertiary alicyclic amines) is 1. The summed E-state index contributed by atoms with van der Waals surface area (Å²) < 4.78 is 43.1. The van der Waals surface area contributed by atoms with Crippen molar-refractivity contribution in [3.63, 3.8) is 0 Å². The van der Waals surface area contributed by atoms with Crippen LogP contribution in [0.5, 0.6) is 11.5 Å². The van der Waals surface area contributed by atoms with Gasteiger partial charge in [0.2, 0.25) is 14.8 Å². The van der Waals surface area contributed by atoms with Crippen LogP contribution < -0.4 is 15.0 Å². The lowest BCUT2D eigenvalue weighted by Gasteiger charge is -2.40. The Morgan fingerprint density at radius 2 is 1.71 bits per heavy atom. The van der Waals surface area contributed by atoms with Crippen molar-refractivity contribution >= 4 is 15.9 Å². The molecule has 1 aliphatic heterocycles. The number of benzene rings is 2. The molecule has 0 atom stereocenters. The lowest BCUT2D eigenvalue weighted by Crippen LogP contribution is -2.52. The zero-order valence-corrected chi connectivity index (χ0v) is 19.9. The molecule has 10 heteroatoms. The van der Waals surface area contributed by atoms with Crippen molar-refractivity contribution in [3.8, 4) is 23.3 Å². The molecule has 1 saturated heterocycles. The zero-order valence-electron chi connectivity index (χ0n) is 19.1. The number of carbonyl (C=O) groups excluding carboxylic acids is 1. The van der Waals surface area contributed by atoms with Crippen LogP contribution in [0, 0.1) is 11.8 Å². The summed E-state index contributed by atoms with van der Waals surface area (Å²) in [5.74, 6) is 6.71. The van der Waals surface area contributed by atoms with Crippen LogP contribution in [0.1, 0.15) is 25.3 Å². The largest absolute Gasteiger partial charge is 0.497 e.